The molecule has 0 spiro atoms. The molecule has 1 fully saturated rings. The lowest BCUT2D eigenvalue weighted by molar-refractivity contribution is -0.384. The van der Waals surface area contributed by atoms with Crippen LogP contribution in [0, 0.1) is 10.1 Å². The van der Waals surface area contributed by atoms with Crippen molar-refractivity contribution in [3.63, 3.8) is 0 Å². The summed E-state index contributed by atoms with van der Waals surface area (Å²) in [5.74, 6) is -1.07. The van der Waals surface area contributed by atoms with Gasteiger partial charge in [-0.15, -0.1) is 0 Å². The molecule has 1 aliphatic heterocycles. The van der Waals surface area contributed by atoms with Crippen LogP contribution in [0.15, 0.2) is 24.3 Å². The molecule has 1 aromatic rings. The summed E-state index contributed by atoms with van der Waals surface area (Å²) in [5.41, 5.74) is 6.10. The van der Waals surface area contributed by atoms with Gasteiger partial charge in [0.05, 0.1) is 16.7 Å². The Balaban J connectivity index is 2.00. The van der Waals surface area contributed by atoms with Crippen molar-refractivity contribution >= 4 is 33.0 Å². The number of rotatable bonds is 7. The summed E-state index contributed by atoms with van der Waals surface area (Å²) in [5, 5.41) is 13.3. The van der Waals surface area contributed by atoms with E-state index in [9.17, 15) is 28.1 Å². The molecule has 27 heavy (non-hydrogen) atoms. The first kappa shape index (κ1) is 20.8. The van der Waals surface area contributed by atoms with Crippen LogP contribution in [0.3, 0.4) is 0 Å². The Kier molecular flexibility index (Phi) is 6.50. The van der Waals surface area contributed by atoms with E-state index in [4.69, 9.17) is 5.73 Å². The normalized spacial score (nSPS) is 18.1. The van der Waals surface area contributed by atoms with E-state index in [1.54, 1.807) is 0 Å². The lowest BCUT2D eigenvalue weighted by atomic mass is 10.1. The van der Waals surface area contributed by atoms with Crippen molar-refractivity contribution in [2.75, 3.05) is 23.9 Å². The van der Waals surface area contributed by atoms with Crippen LogP contribution in [-0.4, -0.2) is 60.7 Å². The second kappa shape index (κ2) is 8.44. The van der Waals surface area contributed by atoms with Crippen molar-refractivity contribution in [3.05, 3.63) is 34.4 Å². The number of nitro benzene ring substituents is 1. The van der Waals surface area contributed by atoms with Gasteiger partial charge in [0.2, 0.25) is 11.8 Å². The average Bonchev–Trinajstić information content (AvgIpc) is 3.08. The molecule has 10 nitrogen and oxygen atoms in total. The topological polar surface area (TPSA) is 153 Å². The van der Waals surface area contributed by atoms with E-state index in [0.717, 1.165) is 6.26 Å². The number of nitrogens with one attached hydrogen (secondary N) is 1. The maximum Gasteiger partial charge on any atom is 0.269 e. The zero-order valence-electron chi connectivity index (χ0n) is 14.8. The minimum Gasteiger partial charge on any atom is -0.329 e. The summed E-state index contributed by atoms with van der Waals surface area (Å²) < 4.78 is 22.5. The molecular formula is C16H22N4O6S. The quantitative estimate of drug-likeness (QED) is 0.494. The average molecular weight is 398 g/mol. The first-order valence-electron chi connectivity index (χ1n) is 8.37. The Morgan fingerprint density at radius 1 is 1.37 bits per heavy atom. The number of anilines is 1. The maximum absolute atomic E-state index is 12.5. The van der Waals surface area contributed by atoms with E-state index in [1.807, 2.05) is 0 Å². The third-order valence-electron chi connectivity index (χ3n) is 4.30. The number of sulfone groups is 1. The summed E-state index contributed by atoms with van der Waals surface area (Å²) in [7, 11) is -3.23. The van der Waals surface area contributed by atoms with Gasteiger partial charge in [0.15, 0.2) is 0 Å². The van der Waals surface area contributed by atoms with Gasteiger partial charge in [-0.2, -0.15) is 0 Å². The number of hydrogen-bond acceptors (Lipinski definition) is 7. The van der Waals surface area contributed by atoms with Gasteiger partial charge in [0.25, 0.3) is 5.69 Å². The lowest BCUT2D eigenvalue weighted by Crippen LogP contribution is -2.50. The SMILES string of the molecule is CS(=O)(=O)CC[C@H](N)C(=O)N1CCC[C@H]1C(=O)Nc1ccc([N+](=O)[O-])cc1. The zero-order chi connectivity index (χ0) is 20.2. The molecule has 0 aromatic heterocycles. The Morgan fingerprint density at radius 2 is 2.00 bits per heavy atom. The lowest BCUT2D eigenvalue weighted by Gasteiger charge is -2.26. The smallest absolute Gasteiger partial charge is 0.269 e. The highest BCUT2D eigenvalue weighted by Gasteiger charge is 2.36. The minimum atomic E-state index is -3.23. The highest BCUT2D eigenvalue weighted by Crippen LogP contribution is 2.21. The molecule has 2 atom stereocenters. The molecule has 3 N–H and O–H groups in total. The van der Waals surface area contributed by atoms with Gasteiger partial charge < -0.3 is 16.0 Å². The summed E-state index contributed by atoms with van der Waals surface area (Å²) in [6.07, 6.45) is 2.15. The van der Waals surface area contributed by atoms with Gasteiger partial charge in [-0.05, 0) is 31.4 Å². The van der Waals surface area contributed by atoms with Crippen LogP contribution in [0.1, 0.15) is 19.3 Å². The van der Waals surface area contributed by atoms with Crippen LogP contribution >= 0.6 is 0 Å². The third-order valence-corrected chi connectivity index (χ3v) is 5.28. The number of nitrogens with two attached hydrogens (primary N) is 1. The molecule has 1 aromatic carbocycles. The van der Waals surface area contributed by atoms with Crippen molar-refractivity contribution in [1.29, 1.82) is 0 Å². The number of hydrogen-bond donors (Lipinski definition) is 2. The van der Waals surface area contributed by atoms with E-state index in [2.05, 4.69) is 5.32 Å². The predicted molar refractivity (Wildman–Crippen MR) is 98.8 cm³/mol. The van der Waals surface area contributed by atoms with Crippen LogP contribution in [0.2, 0.25) is 0 Å². The Morgan fingerprint density at radius 3 is 2.56 bits per heavy atom. The molecular weight excluding hydrogens is 376 g/mol. The van der Waals surface area contributed by atoms with Crippen molar-refractivity contribution in [1.82, 2.24) is 4.90 Å². The summed E-state index contributed by atoms with van der Waals surface area (Å²) in [4.78, 5) is 36.5. The maximum atomic E-state index is 12.5. The first-order chi connectivity index (χ1) is 12.6. The number of amides is 2. The summed E-state index contributed by atoms with van der Waals surface area (Å²) in [6.45, 7) is 0.365. The standard InChI is InChI=1S/C16H22N4O6S/c1-27(25,26)10-8-13(17)16(22)19-9-2-3-14(19)15(21)18-11-4-6-12(7-5-11)20(23)24/h4-7,13-14H,2-3,8-10,17H2,1H3,(H,18,21)/t13-,14-/m0/s1. The highest BCUT2D eigenvalue weighted by atomic mass is 32.2. The number of carbonyl (C=O) groups is 2. The monoisotopic (exact) mass is 398 g/mol. The third kappa shape index (κ3) is 5.73. The van der Waals surface area contributed by atoms with Gasteiger partial charge in [0.1, 0.15) is 15.9 Å². The predicted octanol–water partition coefficient (Wildman–Crippen LogP) is 0.286. The van der Waals surface area contributed by atoms with E-state index < -0.39 is 38.7 Å². The molecule has 0 radical (unpaired) electrons. The zero-order valence-corrected chi connectivity index (χ0v) is 15.6. The van der Waals surface area contributed by atoms with Crippen molar-refractivity contribution < 1.29 is 22.9 Å². The summed E-state index contributed by atoms with van der Waals surface area (Å²) in [6, 6.07) is 3.66. The van der Waals surface area contributed by atoms with Crippen LogP contribution in [0.5, 0.6) is 0 Å². The fourth-order valence-corrected chi connectivity index (χ4v) is 3.55. The molecule has 2 rings (SSSR count). The molecule has 1 aliphatic rings. The van der Waals surface area contributed by atoms with E-state index in [0.29, 0.717) is 25.1 Å². The first-order valence-corrected chi connectivity index (χ1v) is 10.4. The van der Waals surface area contributed by atoms with Crippen LogP contribution in [-0.2, 0) is 19.4 Å². The second-order valence-corrected chi connectivity index (χ2v) is 8.77. The van der Waals surface area contributed by atoms with Crippen molar-refractivity contribution in [3.8, 4) is 0 Å². The fraction of sp³-hybridized carbons (Fsp3) is 0.500. The molecule has 0 aliphatic carbocycles. The number of carbonyl (C=O) groups excluding carboxylic acids is 2. The summed E-state index contributed by atoms with van der Waals surface area (Å²) >= 11 is 0. The Hall–Kier alpha value is -2.53. The van der Waals surface area contributed by atoms with Crippen LogP contribution in [0.25, 0.3) is 0 Å². The number of nitrogens with zero attached hydrogens (tertiary/aromatic N) is 2. The van der Waals surface area contributed by atoms with Gasteiger partial charge in [-0.1, -0.05) is 0 Å². The minimum absolute atomic E-state index is 0.00907. The second-order valence-electron chi connectivity index (χ2n) is 6.51. The van der Waals surface area contributed by atoms with Crippen molar-refractivity contribution in [2.24, 2.45) is 5.73 Å². The molecule has 0 unspecified atom stereocenters. The molecule has 0 saturated carbocycles. The van der Waals surface area contributed by atoms with E-state index >= 15 is 0 Å². The highest BCUT2D eigenvalue weighted by molar-refractivity contribution is 7.90. The fourth-order valence-electron chi connectivity index (χ4n) is 2.87. The number of nitro groups is 1. The van der Waals surface area contributed by atoms with E-state index in [-0.39, 0.29) is 17.9 Å². The molecule has 0 bridgehead atoms. The molecule has 11 heteroatoms. The molecule has 1 heterocycles. The van der Waals surface area contributed by atoms with Crippen LogP contribution < -0.4 is 11.1 Å². The van der Waals surface area contributed by atoms with Gasteiger partial charge in [-0.25, -0.2) is 8.42 Å². The molecule has 2 amide bonds. The molecule has 148 valence electrons. The molecule has 1 saturated heterocycles. The number of likely N-dealkylation sites (tertiary alicyclic amines) is 1. The Bertz CT molecular complexity index is 824. The number of non-ortho nitro benzene ring substituents is 1. The van der Waals surface area contributed by atoms with Gasteiger partial charge in [-0.3, -0.25) is 19.7 Å². The van der Waals surface area contributed by atoms with Gasteiger partial charge >= 0.3 is 0 Å². The van der Waals surface area contributed by atoms with Gasteiger partial charge in [0, 0.05) is 30.6 Å². The Labute approximate surface area is 156 Å². The number of benzene rings is 1. The van der Waals surface area contributed by atoms with E-state index in [1.165, 1.54) is 29.2 Å². The largest absolute Gasteiger partial charge is 0.329 e. The van der Waals surface area contributed by atoms with Crippen LogP contribution in [0.4, 0.5) is 11.4 Å². The van der Waals surface area contributed by atoms with Crippen molar-refractivity contribution in [2.45, 2.75) is 31.3 Å².